The Morgan fingerprint density at radius 1 is 1.13 bits per heavy atom. The summed E-state index contributed by atoms with van der Waals surface area (Å²) in [6.45, 7) is 1.67. The van der Waals surface area contributed by atoms with Crippen LogP contribution in [0.1, 0.15) is 27.4 Å². The van der Waals surface area contributed by atoms with E-state index in [-0.39, 0.29) is 23.0 Å². The number of halogens is 2. The van der Waals surface area contributed by atoms with E-state index in [2.05, 4.69) is 5.32 Å². The number of nitrogens with zero attached hydrogens (tertiary/aromatic N) is 1. The standard InChI is InChI=1S/C24H20ClFN2O2S/c1-15-19(26)11-6-12-20(15)28-21(29)14-31-24(28)17-9-5-10-18(13-17)27-23(30)22(25)16-7-3-2-4-8-16/h2-13,22,24H,14H2,1H3,(H,27,30)/t22-,24-/m0/s1. The number of carbonyl (C=O) groups is 2. The molecular weight excluding hydrogens is 435 g/mol. The van der Waals surface area contributed by atoms with Gasteiger partial charge in [0.15, 0.2) is 0 Å². The zero-order valence-electron chi connectivity index (χ0n) is 16.7. The van der Waals surface area contributed by atoms with Crippen LogP contribution in [0, 0.1) is 12.7 Å². The lowest BCUT2D eigenvalue weighted by Crippen LogP contribution is -2.28. The van der Waals surface area contributed by atoms with Gasteiger partial charge in [0.25, 0.3) is 0 Å². The number of nitrogens with one attached hydrogen (secondary N) is 1. The van der Waals surface area contributed by atoms with Gasteiger partial charge in [-0.1, -0.05) is 48.5 Å². The lowest BCUT2D eigenvalue weighted by Gasteiger charge is -2.26. The zero-order chi connectivity index (χ0) is 22.0. The van der Waals surface area contributed by atoms with Gasteiger partial charge in [0.2, 0.25) is 11.8 Å². The van der Waals surface area contributed by atoms with Gasteiger partial charge in [-0.2, -0.15) is 0 Å². The van der Waals surface area contributed by atoms with Gasteiger partial charge >= 0.3 is 0 Å². The number of thioether (sulfide) groups is 1. The molecule has 1 saturated heterocycles. The summed E-state index contributed by atoms with van der Waals surface area (Å²) < 4.78 is 14.1. The van der Waals surface area contributed by atoms with E-state index in [0.717, 1.165) is 5.56 Å². The molecule has 0 unspecified atom stereocenters. The second-order valence-electron chi connectivity index (χ2n) is 7.20. The van der Waals surface area contributed by atoms with Crippen molar-refractivity contribution >= 4 is 46.6 Å². The minimum absolute atomic E-state index is 0.0805. The first kappa shape index (κ1) is 21.4. The van der Waals surface area contributed by atoms with Gasteiger partial charge in [-0.15, -0.1) is 23.4 Å². The van der Waals surface area contributed by atoms with Crippen molar-refractivity contribution in [2.24, 2.45) is 0 Å². The summed E-state index contributed by atoms with van der Waals surface area (Å²) in [6.07, 6.45) is 0. The van der Waals surface area contributed by atoms with E-state index in [4.69, 9.17) is 11.6 Å². The maximum Gasteiger partial charge on any atom is 0.246 e. The van der Waals surface area contributed by atoms with E-state index in [9.17, 15) is 14.0 Å². The normalized spacial score (nSPS) is 16.9. The van der Waals surface area contributed by atoms with E-state index in [1.807, 2.05) is 36.4 Å². The van der Waals surface area contributed by atoms with Crippen LogP contribution in [0.2, 0.25) is 0 Å². The Labute approximate surface area is 189 Å². The maximum atomic E-state index is 14.1. The van der Waals surface area contributed by atoms with Crippen molar-refractivity contribution in [1.82, 2.24) is 0 Å². The summed E-state index contributed by atoms with van der Waals surface area (Å²) >= 11 is 7.79. The molecule has 0 aromatic heterocycles. The van der Waals surface area contributed by atoms with Gasteiger partial charge < -0.3 is 5.32 Å². The minimum Gasteiger partial charge on any atom is -0.324 e. The Balaban J connectivity index is 1.58. The second-order valence-corrected chi connectivity index (χ2v) is 8.70. The second kappa shape index (κ2) is 9.12. The van der Waals surface area contributed by atoms with E-state index in [1.54, 1.807) is 42.2 Å². The lowest BCUT2D eigenvalue weighted by atomic mass is 10.1. The summed E-state index contributed by atoms with van der Waals surface area (Å²) in [4.78, 5) is 26.9. The molecule has 0 saturated carbocycles. The van der Waals surface area contributed by atoms with Gasteiger partial charge in [-0.3, -0.25) is 14.5 Å². The molecule has 1 aliphatic rings. The van der Waals surface area contributed by atoms with Crippen LogP contribution in [-0.4, -0.2) is 17.6 Å². The summed E-state index contributed by atoms with van der Waals surface area (Å²) in [5.74, 6) is -0.466. The molecule has 0 radical (unpaired) electrons. The largest absolute Gasteiger partial charge is 0.324 e. The number of anilines is 2. The molecule has 158 valence electrons. The van der Waals surface area contributed by atoms with Crippen LogP contribution in [0.5, 0.6) is 0 Å². The third-order valence-electron chi connectivity index (χ3n) is 5.13. The molecule has 0 aliphatic carbocycles. The number of hydrogen-bond donors (Lipinski definition) is 1. The first-order valence-corrected chi connectivity index (χ1v) is 11.2. The van der Waals surface area contributed by atoms with Gasteiger partial charge in [0.1, 0.15) is 16.6 Å². The molecule has 0 bridgehead atoms. The Hall–Kier alpha value is -2.83. The number of amides is 2. The van der Waals surface area contributed by atoms with Gasteiger partial charge in [0, 0.05) is 11.3 Å². The maximum absolute atomic E-state index is 14.1. The molecule has 0 spiro atoms. The summed E-state index contributed by atoms with van der Waals surface area (Å²) in [7, 11) is 0. The molecule has 1 fully saturated rings. The van der Waals surface area contributed by atoms with Crippen LogP contribution in [-0.2, 0) is 9.59 Å². The molecule has 1 heterocycles. The van der Waals surface area contributed by atoms with E-state index in [0.29, 0.717) is 28.3 Å². The van der Waals surface area contributed by atoms with Crippen LogP contribution < -0.4 is 10.2 Å². The highest BCUT2D eigenvalue weighted by Crippen LogP contribution is 2.43. The topological polar surface area (TPSA) is 49.4 Å². The van der Waals surface area contributed by atoms with Crippen molar-refractivity contribution in [3.05, 3.63) is 95.3 Å². The predicted molar refractivity (Wildman–Crippen MR) is 124 cm³/mol. The third kappa shape index (κ3) is 4.45. The Morgan fingerprint density at radius 3 is 2.65 bits per heavy atom. The SMILES string of the molecule is Cc1c(F)cccc1N1C(=O)CS[C@H]1c1cccc(NC(=O)[C@@H](Cl)c2ccccc2)c1. The molecule has 31 heavy (non-hydrogen) atoms. The fraction of sp³-hybridized carbons (Fsp3) is 0.167. The van der Waals surface area contributed by atoms with E-state index < -0.39 is 5.38 Å². The van der Waals surface area contributed by atoms with Gasteiger partial charge in [-0.05, 0) is 42.3 Å². The molecule has 2 atom stereocenters. The smallest absolute Gasteiger partial charge is 0.246 e. The summed E-state index contributed by atoms with van der Waals surface area (Å²) in [5.41, 5.74) is 3.12. The molecule has 1 N–H and O–H groups in total. The monoisotopic (exact) mass is 454 g/mol. The third-order valence-corrected chi connectivity index (χ3v) is 6.79. The van der Waals surface area contributed by atoms with E-state index in [1.165, 1.54) is 17.8 Å². The van der Waals surface area contributed by atoms with Crippen molar-refractivity contribution in [2.45, 2.75) is 17.7 Å². The fourth-order valence-electron chi connectivity index (χ4n) is 3.54. The molecule has 1 aliphatic heterocycles. The predicted octanol–water partition coefficient (Wildman–Crippen LogP) is 5.83. The molecule has 7 heteroatoms. The van der Waals surface area contributed by atoms with Crippen LogP contribution in [0.25, 0.3) is 0 Å². The number of benzene rings is 3. The number of rotatable bonds is 5. The first-order valence-electron chi connectivity index (χ1n) is 9.74. The quantitative estimate of drug-likeness (QED) is 0.493. The number of alkyl halides is 1. The average molecular weight is 455 g/mol. The molecule has 4 nitrogen and oxygen atoms in total. The van der Waals surface area contributed by atoms with E-state index >= 15 is 0 Å². The van der Waals surface area contributed by atoms with Crippen molar-refractivity contribution in [1.29, 1.82) is 0 Å². The molecular formula is C24H20ClFN2O2S. The highest BCUT2D eigenvalue weighted by molar-refractivity contribution is 8.00. The number of carbonyl (C=O) groups excluding carboxylic acids is 2. The van der Waals surface area contributed by atoms with Crippen molar-refractivity contribution in [2.75, 3.05) is 16.0 Å². The van der Waals surface area contributed by atoms with Crippen molar-refractivity contribution in [3.8, 4) is 0 Å². The molecule has 2 amide bonds. The molecule has 3 aromatic carbocycles. The van der Waals surface area contributed by atoms with Crippen LogP contribution >= 0.6 is 23.4 Å². The first-order chi connectivity index (χ1) is 15.0. The van der Waals surface area contributed by atoms with Crippen LogP contribution in [0.3, 0.4) is 0 Å². The van der Waals surface area contributed by atoms with Crippen LogP contribution in [0.4, 0.5) is 15.8 Å². The highest BCUT2D eigenvalue weighted by Gasteiger charge is 2.35. The average Bonchev–Trinajstić information content (AvgIpc) is 3.17. The Kier molecular flexibility index (Phi) is 6.30. The van der Waals surface area contributed by atoms with Crippen molar-refractivity contribution in [3.63, 3.8) is 0 Å². The fourth-order valence-corrected chi connectivity index (χ4v) is 4.90. The van der Waals surface area contributed by atoms with Crippen LogP contribution in [0.15, 0.2) is 72.8 Å². The van der Waals surface area contributed by atoms with Gasteiger partial charge in [0.05, 0.1) is 11.4 Å². The van der Waals surface area contributed by atoms with Gasteiger partial charge in [-0.25, -0.2) is 4.39 Å². The zero-order valence-corrected chi connectivity index (χ0v) is 18.3. The minimum atomic E-state index is -0.821. The lowest BCUT2D eigenvalue weighted by molar-refractivity contribution is -0.116. The highest BCUT2D eigenvalue weighted by atomic mass is 35.5. The Bertz CT molecular complexity index is 1130. The van der Waals surface area contributed by atoms with Crippen molar-refractivity contribution < 1.29 is 14.0 Å². The molecule has 4 rings (SSSR count). The Morgan fingerprint density at radius 2 is 1.87 bits per heavy atom. The molecule has 3 aromatic rings. The number of hydrogen-bond acceptors (Lipinski definition) is 3. The summed E-state index contributed by atoms with van der Waals surface area (Å²) in [5, 5.41) is 1.71. The summed E-state index contributed by atoms with van der Waals surface area (Å²) in [6, 6.07) is 21.2.